The number of carboxylic acids is 1. The van der Waals surface area contributed by atoms with Gasteiger partial charge in [0.1, 0.15) is 18.2 Å². The van der Waals surface area contributed by atoms with Gasteiger partial charge in [0, 0.05) is 11.9 Å². The summed E-state index contributed by atoms with van der Waals surface area (Å²) in [4.78, 5) is 17.8. The molecule has 1 N–H and O–H groups in total. The first-order valence-electron chi connectivity index (χ1n) is 11.7. The van der Waals surface area contributed by atoms with Crippen LogP contribution in [0.4, 0.5) is 10.2 Å². The summed E-state index contributed by atoms with van der Waals surface area (Å²) in [5.74, 6) is -0.561. The second kappa shape index (κ2) is 11.6. The number of anilines is 1. The van der Waals surface area contributed by atoms with Crippen LogP contribution >= 0.6 is 0 Å². The summed E-state index contributed by atoms with van der Waals surface area (Å²) in [5, 5.41) is 10.3. The van der Waals surface area contributed by atoms with Crippen molar-refractivity contribution in [2.75, 3.05) is 18.0 Å². The van der Waals surface area contributed by atoms with Gasteiger partial charge in [0.05, 0.1) is 5.52 Å². The maximum absolute atomic E-state index is 13.6. The van der Waals surface area contributed by atoms with Crippen LogP contribution in [0.3, 0.4) is 0 Å². The lowest BCUT2D eigenvalue weighted by Crippen LogP contribution is -2.30. The number of likely N-dealkylation sites (N-methyl/N-ethyl adjacent to an activating group) is 1. The second-order valence-corrected chi connectivity index (χ2v) is 8.31. The van der Waals surface area contributed by atoms with E-state index in [2.05, 4.69) is 19.1 Å². The zero-order valence-electron chi connectivity index (χ0n) is 19.1. The normalized spacial score (nSPS) is 11.1. The molecular weight excluding hydrogens is 403 g/mol. The molecule has 0 amide bonds. The summed E-state index contributed by atoms with van der Waals surface area (Å²) < 4.78 is 13.6. The fourth-order valence-corrected chi connectivity index (χ4v) is 4.07. The van der Waals surface area contributed by atoms with Gasteiger partial charge in [-0.15, -0.1) is 0 Å². The smallest absolute Gasteiger partial charge is 0.323 e. The van der Waals surface area contributed by atoms with Gasteiger partial charge in [-0.1, -0.05) is 57.2 Å². The first-order valence-corrected chi connectivity index (χ1v) is 11.7. The first kappa shape index (κ1) is 23.7. The van der Waals surface area contributed by atoms with Crippen molar-refractivity contribution in [3.63, 3.8) is 0 Å². The van der Waals surface area contributed by atoms with Gasteiger partial charge in [-0.2, -0.15) is 0 Å². The third-order valence-corrected chi connectivity index (χ3v) is 5.87. The molecule has 2 aromatic carbocycles. The van der Waals surface area contributed by atoms with Crippen molar-refractivity contribution in [1.29, 1.82) is 0 Å². The molecule has 0 saturated heterocycles. The molecule has 170 valence electrons. The number of pyridine rings is 1. The number of aromatic nitrogens is 1. The van der Waals surface area contributed by atoms with E-state index < -0.39 is 5.97 Å². The van der Waals surface area contributed by atoms with Crippen LogP contribution in [-0.4, -0.2) is 29.1 Å². The van der Waals surface area contributed by atoms with Gasteiger partial charge in [0.15, 0.2) is 0 Å². The third-order valence-electron chi connectivity index (χ3n) is 5.87. The average Bonchev–Trinajstić information content (AvgIpc) is 2.79. The number of halogens is 1. The van der Waals surface area contributed by atoms with Crippen molar-refractivity contribution in [3.05, 3.63) is 59.9 Å². The van der Waals surface area contributed by atoms with Crippen molar-refractivity contribution in [3.8, 4) is 11.1 Å². The topological polar surface area (TPSA) is 53.4 Å². The molecule has 1 heterocycles. The summed E-state index contributed by atoms with van der Waals surface area (Å²) in [6.07, 6.45) is 8.57. The van der Waals surface area contributed by atoms with Crippen molar-refractivity contribution in [1.82, 2.24) is 4.98 Å². The summed E-state index contributed by atoms with van der Waals surface area (Å²) in [6, 6.07) is 14.7. The Morgan fingerprint density at radius 2 is 1.69 bits per heavy atom. The molecule has 1 aromatic heterocycles. The minimum absolute atomic E-state index is 0.117. The molecule has 0 spiro atoms. The van der Waals surface area contributed by atoms with Crippen LogP contribution in [0.15, 0.2) is 48.5 Å². The largest absolute Gasteiger partial charge is 0.480 e. The van der Waals surface area contributed by atoms with E-state index in [1.807, 2.05) is 19.1 Å². The molecule has 0 saturated carbocycles. The van der Waals surface area contributed by atoms with Gasteiger partial charge in [-0.25, -0.2) is 9.37 Å². The van der Waals surface area contributed by atoms with Gasteiger partial charge >= 0.3 is 5.97 Å². The van der Waals surface area contributed by atoms with Gasteiger partial charge in [-0.3, -0.25) is 4.79 Å². The predicted molar refractivity (Wildman–Crippen MR) is 130 cm³/mol. The van der Waals surface area contributed by atoms with Crippen LogP contribution in [0, 0.1) is 5.82 Å². The number of fused-ring (bicyclic) bond motifs is 1. The zero-order chi connectivity index (χ0) is 22.9. The maximum atomic E-state index is 13.6. The highest BCUT2D eigenvalue weighted by Gasteiger charge is 2.15. The minimum atomic E-state index is -0.897. The Morgan fingerprint density at radius 1 is 0.969 bits per heavy atom. The molecule has 0 bridgehead atoms. The molecule has 0 atom stereocenters. The number of unbranched alkanes of at least 4 members (excludes halogenated alkanes) is 5. The van der Waals surface area contributed by atoms with Crippen molar-refractivity contribution >= 4 is 22.7 Å². The second-order valence-electron chi connectivity index (χ2n) is 8.31. The summed E-state index contributed by atoms with van der Waals surface area (Å²) in [6.45, 7) is 4.56. The van der Waals surface area contributed by atoms with E-state index in [-0.39, 0.29) is 12.4 Å². The standard InChI is InChI=1S/C27H33FN2O2/c1-3-5-6-7-8-9-10-20-11-16-25-24(17-20)23(21-12-14-22(28)15-13-21)18-26(29-25)30(4-2)19-27(31)32/h11-18H,3-10,19H2,1-2H3,(H,31,32). The van der Waals surface area contributed by atoms with E-state index in [1.165, 1.54) is 49.8 Å². The number of carbonyl (C=O) groups is 1. The van der Waals surface area contributed by atoms with E-state index in [0.29, 0.717) is 12.4 Å². The Hall–Kier alpha value is -2.95. The number of aryl methyl sites for hydroxylation is 1. The lowest BCUT2D eigenvalue weighted by Gasteiger charge is -2.21. The molecule has 4 nitrogen and oxygen atoms in total. The van der Waals surface area contributed by atoms with E-state index in [9.17, 15) is 14.3 Å². The summed E-state index contributed by atoms with van der Waals surface area (Å²) in [5.41, 5.74) is 3.92. The van der Waals surface area contributed by atoms with E-state index in [1.54, 1.807) is 17.0 Å². The van der Waals surface area contributed by atoms with E-state index in [0.717, 1.165) is 34.9 Å². The molecule has 0 unspecified atom stereocenters. The van der Waals surface area contributed by atoms with E-state index >= 15 is 0 Å². The number of carboxylic acid groups (broad SMARTS) is 1. The Bertz CT molecular complexity index is 1030. The summed E-state index contributed by atoms with van der Waals surface area (Å²) in [7, 11) is 0. The minimum Gasteiger partial charge on any atom is -0.480 e. The average molecular weight is 437 g/mol. The number of aliphatic carboxylic acids is 1. The maximum Gasteiger partial charge on any atom is 0.323 e. The molecule has 5 heteroatoms. The van der Waals surface area contributed by atoms with Gasteiger partial charge < -0.3 is 10.0 Å². The zero-order valence-corrected chi connectivity index (χ0v) is 19.1. The van der Waals surface area contributed by atoms with Crippen molar-refractivity contribution in [2.24, 2.45) is 0 Å². The van der Waals surface area contributed by atoms with E-state index in [4.69, 9.17) is 4.98 Å². The van der Waals surface area contributed by atoms with Crippen LogP contribution in [-0.2, 0) is 11.2 Å². The Morgan fingerprint density at radius 3 is 2.38 bits per heavy atom. The van der Waals surface area contributed by atoms with Crippen LogP contribution in [0.25, 0.3) is 22.0 Å². The number of hydrogen-bond acceptors (Lipinski definition) is 3. The highest BCUT2D eigenvalue weighted by atomic mass is 19.1. The van der Waals surface area contributed by atoms with Gasteiger partial charge in [0.2, 0.25) is 0 Å². The molecule has 32 heavy (non-hydrogen) atoms. The fraction of sp³-hybridized carbons (Fsp3) is 0.407. The molecule has 0 radical (unpaired) electrons. The Balaban J connectivity index is 1.95. The SMILES string of the molecule is CCCCCCCCc1ccc2nc(N(CC)CC(=O)O)cc(-c3ccc(F)cc3)c2c1. The van der Waals surface area contributed by atoms with Crippen molar-refractivity contribution < 1.29 is 14.3 Å². The Labute approximate surface area is 190 Å². The molecule has 0 fully saturated rings. The summed E-state index contributed by atoms with van der Waals surface area (Å²) >= 11 is 0. The van der Waals surface area contributed by atoms with Crippen LogP contribution in [0.5, 0.6) is 0 Å². The van der Waals surface area contributed by atoms with Gasteiger partial charge in [0.25, 0.3) is 0 Å². The van der Waals surface area contributed by atoms with Crippen LogP contribution in [0.2, 0.25) is 0 Å². The lowest BCUT2D eigenvalue weighted by atomic mass is 9.97. The fourth-order valence-electron chi connectivity index (χ4n) is 4.07. The monoisotopic (exact) mass is 436 g/mol. The highest BCUT2D eigenvalue weighted by molar-refractivity contribution is 5.96. The molecule has 0 aliphatic rings. The number of hydrogen-bond donors (Lipinski definition) is 1. The number of rotatable bonds is 12. The quantitative estimate of drug-likeness (QED) is 0.315. The predicted octanol–water partition coefficient (Wildman–Crippen LogP) is 6.85. The Kier molecular flexibility index (Phi) is 8.60. The number of benzene rings is 2. The lowest BCUT2D eigenvalue weighted by molar-refractivity contribution is -0.135. The van der Waals surface area contributed by atoms with Crippen molar-refractivity contribution in [2.45, 2.75) is 58.8 Å². The molecule has 0 aliphatic heterocycles. The van der Waals surface area contributed by atoms with Gasteiger partial charge in [-0.05, 0) is 66.8 Å². The molecule has 3 aromatic rings. The third kappa shape index (κ3) is 6.28. The first-order chi connectivity index (χ1) is 15.5. The van der Waals surface area contributed by atoms with Crippen LogP contribution < -0.4 is 4.90 Å². The number of nitrogens with zero attached hydrogens (tertiary/aromatic N) is 2. The molecule has 0 aliphatic carbocycles. The highest BCUT2D eigenvalue weighted by Crippen LogP contribution is 2.32. The molecular formula is C27H33FN2O2. The van der Waals surface area contributed by atoms with Crippen LogP contribution in [0.1, 0.15) is 57.9 Å². The molecule has 3 rings (SSSR count).